The Labute approximate surface area is 96.3 Å². The molecular formula is C10H7Cl2NS. The van der Waals surface area contributed by atoms with Crippen LogP contribution >= 0.6 is 34.5 Å². The van der Waals surface area contributed by atoms with E-state index in [1.807, 2.05) is 30.5 Å². The summed E-state index contributed by atoms with van der Waals surface area (Å²) in [5.74, 6) is 0. The van der Waals surface area contributed by atoms with Gasteiger partial charge in [0.15, 0.2) is 4.47 Å². The van der Waals surface area contributed by atoms with Gasteiger partial charge in [-0.15, -0.1) is 11.3 Å². The molecule has 2 rings (SSSR count). The molecule has 0 saturated carbocycles. The Kier molecular flexibility index (Phi) is 2.77. The Balaban J connectivity index is 2.52. The highest BCUT2D eigenvalue weighted by Gasteiger charge is 2.06. The van der Waals surface area contributed by atoms with Crippen LogP contribution in [0.4, 0.5) is 0 Å². The summed E-state index contributed by atoms with van der Waals surface area (Å²) < 4.78 is 0.539. The third kappa shape index (κ3) is 1.92. The first-order valence-corrected chi connectivity index (χ1v) is 5.68. The molecule has 4 heteroatoms. The Morgan fingerprint density at radius 2 is 2.07 bits per heavy atom. The van der Waals surface area contributed by atoms with Gasteiger partial charge in [-0.25, -0.2) is 4.98 Å². The maximum atomic E-state index is 6.09. The zero-order chi connectivity index (χ0) is 10.1. The van der Waals surface area contributed by atoms with Gasteiger partial charge in [-0.05, 0) is 18.6 Å². The minimum absolute atomic E-state index is 0.539. The lowest BCUT2D eigenvalue weighted by Crippen LogP contribution is -1.80. The molecule has 0 aliphatic carbocycles. The van der Waals surface area contributed by atoms with E-state index in [9.17, 15) is 0 Å². The summed E-state index contributed by atoms with van der Waals surface area (Å²) in [7, 11) is 0. The van der Waals surface area contributed by atoms with Crippen molar-refractivity contribution in [3.8, 4) is 11.3 Å². The van der Waals surface area contributed by atoms with E-state index in [2.05, 4.69) is 4.98 Å². The number of hydrogen-bond acceptors (Lipinski definition) is 2. The smallest absolute Gasteiger partial charge is 0.184 e. The fraction of sp³-hybridized carbons (Fsp3) is 0.100. The fourth-order valence-corrected chi connectivity index (χ4v) is 2.30. The Morgan fingerprint density at radius 1 is 1.29 bits per heavy atom. The Hall–Kier alpha value is -0.570. The van der Waals surface area contributed by atoms with E-state index < -0.39 is 0 Å². The van der Waals surface area contributed by atoms with Crippen molar-refractivity contribution in [2.24, 2.45) is 0 Å². The number of aromatic nitrogens is 1. The van der Waals surface area contributed by atoms with Crippen molar-refractivity contribution >= 4 is 34.5 Å². The molecule has 0 atom stereocenters. The van der Waals surface area contributed by atoms with E-state index in [-0.39, 0.29) is 0 Å². The van der Waals surface area contributed by atoms with Crippen LogP contribution in [0.5, 0.6) is 0 Å². The summed E-state index contributed by atoms with van der Waals surface area (Å²) in [4.78, 5) is 4.17. The molecule has 1 nitrogen and oxygen atoms in total. The van der Waals surface area contributed by atoms with Gasteiger partial charge in [-0.1, -0.05) is 35.3 Å². The first-order chi connectivity index (χ1) is 6.66. The molecular weight excluding hydrogens is 237 g/mol. The molecule has 0 N–H and O–H groups in total. The molecule has 0 bridgehead atoms. The highest BCUT2D eigenvalue weighted by Crippen LogP contribution is 2.30. The van der Waals surface area contributed by atoms with Crippen LogP contribution in [0.3, 0.4) is 0 Å². The number of nitrogens with zero attached hydrogens (tertiary/aromatic N) is 1. The first-order valence-electron chi connectivity index (χ1n) is 4.04. The summed E-state index contributed by atoms with van der Waals surface area (Å²) in [6.07, 6.45) is 0. The Bertz CT molecular complexity index is 465. The molecule has 0 unspecified atom stereocenters. The van der Waals surface area contributed by atoms with Crippen LogP contribution in [-0.4, -0.2) is 4.98 Å². The van der Waals surface area contributed by atoms with Crippen LogP contribution in [0.15, 0.2) is 23.6 Å². The zero-order valence-corrected chi connectivity index (χ0v) is 9.75. The van der Waals surface area contributed by atoms with Crippen LogP contribution in [0.25, 0.3) is 11.3 Å². The van der Waals surface area contributed by atoms with Crippen molar-refractivity contribution < 1.29 is 0 Å². The lowest BCUT2D eigenvalue weighted by molar-refractivity contribution is 1.39. The van der Waals surface area contributed by atoms with Gasteiger partial charge in [-0.2, -0.15) is 0 Å². The lowest BCUT2D eigenvalue weighted by Gasteiger charge is -2.01. The maximum absolute atomic E-state index is 6.09. The van der Waals surface area contributed by atoms with E-state index >= 15 is 0 Å². The third-order valence-electron chi connectivity index (χ3n) is 1.88. The minimum Gasteiger partial charge on any atom is -0.225 e. The number of benzene rings is 1. The zero-order valence-electron chi connectivity index (χ0n) is 7.42. The summed E-state index contributed by atoms with van der Waals surface area (Å²) in [6, 6.07) is 5.89. The van der Waals surface area contributed by atoms with Crippen molar-refractivity contribution in [2.75, 3.05) is 0 Å². The predicted octanol–water partition coefficient (Wildman–Crippen LogP) is 4.43. The maximum Gasteiger partial charge on any atom is 0.184 e. The van der Waals surface area contributed by atoms with Crippen LogP contribution in [0.2, 0.25) is 9.49 Å². The highest BCUT2D eigenvalue weighted by molar-refractivity contribution is 7.14. The normalized spacial score (nSPS) is 10.5. The van der Waals surface area contributed by atoms with Gasteiger partial charge in [0.1, 0.15) is 0 Å². The van der Waals surface area contributed by atoms with Gasteiger partial charge >= 0.3 is 0 Å². The molecule has 1 aromatic carbocycles. The molecule has 0 radical (unpaired) electrons. The second-order valence-corrected chi connectivity index (χ2v) is 4.82. The van der Waals surface area contributed by atoms with Crippen molar-refractivity contribution in [1.82, 2.24) is 4.98 Å². The molecule has 0 aliphatic rings. The summed E-state index contributed by atoms with van der Waals surface area (Å²) in [6.45, 7) is 2.00. The third-order valence-corrected chi connectivity index (χ3v) is 3.17. The quantitative estimate of drug-likeness (QED) is 0.723. The molecule has 0 amide bonds. The van der Waals surface area contributed by atoms with E-state index in [0.717, 1.165) is 16.8 Å². The molecule has 1 heterocycles. The standard InChI is InChI=1S/C10H7Cl2NS/c1-6-2-3-7(8(11)4-6)9-5-14-10(12)13-9/h2-5H,1H3. The second-order valence-electron chi connectivity index (χ2n) is 2.97. The molecule has 0 fully saturated rings. The average molecular weight is 244 g/mol. The first kappa shape index (κ1) is 9.97. The lowest BCUT2D eigenvalue weighted by atomic mass is 10.1. The van der Waals surface area contributed by atoms with Crippen molar-refractivity contribution in [2.45, 2.75) is 6.92 Å². The number of rotatable bonds is 1. The molecule has 0 saturated heterocycles. The molecule has 0 spiro atoms. The summed E-state index contributed by atoms with van der Waals surface area (Å²) in [5, 5.41) is 2.62. The summed E-state index contributed by atoms with van der Waals surface area (Å²) >= 11 is 13.3. The van der Waals surface area contributed by atoms with Crippen LogP contribution in [0.1, 0.15) is 5.56 Å². The number of aryl methyl sites for hydroxylation is 1. The van der Waals surface area contributed by atoms with Crippen molar-refractivity contribution in [3.05, 3.63) is 38.6 Å². The Morgan fingerprint density at radius 3 is 2.64 bits per heavy atom. The van der Waals surface area contributed by atoms with Crippen molar-refractivity contribution in [1.29, 1.82) is 0 Å². The molecule has 0 aliphatic heterocycles. The van der Waals surface area contributed by atoms with Gasteiger partial charge in [0.2, 0.25) is 0 Å². The molecule has 2 aromatic rings. The van der Waals surface area contributed by atoms with Crippen molar-refractivity contribution in [3.63, 3.8) is 0 Å². The van der Waals surface area contributed by atoms with Gasteiger partial charge in [-0.3, -0.25) is 0 Å². The van der Waals surface area contributed by atoms with Crippen LogP contribution in [-0.2, 0) is 0 Å². The van der Waals surface area contributed by atoms with E-state index in [4.69, 9.17) is 23.2 Å². The second kappa shape index (κ2) is 3.89. The minimum atomic E-state index is 0.539. The predicted molar refractivity (Wildman–Crippen MR) is 62.3 cm³/mol. The van der Waals surface area contributed by atoms with E-state index in [0.29, 0.717) is 9.49 Å². The fourth-order valence-electron chi connectivity index (χ4n) is 1.20. The van der Waals surface area contributed by atoms with Crippen LogP contribution < -0.4 is 0 Å². The number of thiazole rings is 1. The average Bonchev–Trinajstić information content (AvgIpc) is 2.51. The van der Waals surface area contributed by atoms with Gasteiger partial charge < -0.3 is 0 Å². The molecule has 14 heavy (non-hydrogen) atoms. The highest BCUT2D eigenvalue weighted by atomic mass is 35.5. The summed E-state index contributed by atoms with van der Waals surface area (Å²) in [5.41, 5.74) is 2.91. The topological polar surface area (TPSA) is 12.9 Å². The van der Waals surface area contributed by atoms with Crippen LogP contribution in [0, 0.1) is 6.92 Å². The number of hydrogen-bond donors (Lipinski definition) is 0. The largest absolute Gasteiger partial charge is 0.225 e. The van der Waals surface area contributed by atoms with Gasteiger partial charge in [0, 0.05) is 10.9 Å². The monoisotopic (exact) mass is 243 g/mol. The van der Waals surface area contributed by atoms with E-state index in [1.54, 1.807) is 0 Å². The SMILES string of the molecule is Cc1ccc(-c2csc(Cl)n2)c(Cl)c1. The molecule has 72 valence electrons. The number of halogens is 2. The molecule has 1 aromatic heterocycles. The van der Waals surface area contributed by atoms with E-state index in [1.165, 1.54) is 11.3 Å². The van der Waals surface area contributed by atoms with Gasteiger partial charge in [0.05, 0.1) is 10.7 Å². The van der Waals surface area contributed by atoms with Gasteiger partial charge in [0.25, 0.3) is 0 Å².